The summed E-state index contributed by atoms with van der Waals surface area (Å²) >= 11 is 0. The van der Waals surface area contributed by atoms with Crippen LogP contribution >= 0.6 is 0 Å². The second-order valence-electron chi connectivity index (χ2n) is 3.59. The zero-order valence-electron chi connectivity index (χ0n) is 10.3. The quantitative estimate of drug-likeness (QED) is 0.806. The molecular formula is C13H21NO2. The lowest BCUT2D eigenvalue weighted by Gasteiger charge is -2.15. The average molecular weight is 223 g/mol. The van der Waals surface area contributed by atoms with Gasteiger partial charge in [-0.1, -0.05) is 13.0 Å². The lowest BCUT2D eigenvalue weighted by Crippen LogP contribution is -2.09. The van der Waals surface area contributed by atoms with Gasteiger partial charge in [0.25, 0.3) is 0 Å². The minimum atomic E-state index is 0.0647. The van der Waals surface area contributed by atoms with E-state index in [1.54, 1.807) is 0 Å². The molecule has 0 aliphatic rings. The molecule has 2 N–H and O–H groups in total. The van der Waals surface area contributed by atoms with Gasteiger partial charge in [-0.2, -0.15) is 0 Å². The highest BCUT2D eigenvalue weighted by Gasteiger charge is 2.09. The summed E-state index contributed by atoms with van der Waals surface area (Å²) in [5, 5.41) is 0. The molecule has 0 unspecified atom stereocenters. The molecular weight excluding hydrogens is 202 g/mol. The first-order chi connectivity index (χ1) is 7.72. The van der Waals surface area contributed by atoms with Crippen LogP contribution in [0.1, 0.15) is 38.8 Å². The summed E-state index contributed by atoms with van der Waals surface area (Å²) in [6.07, 6.45) is 0.916. The molecule has 16 heavy (non-hydrogen) atoms. The van der Waals surface area contributed by atoms with E-state index in [2.05, 4.69) is 6.92 Å². The molecule has 90 valence electrons. The third kappa shape index (κ3) is 3.14. The van der Waals surface area contributed by atoms with Crippen molar-refractivity contribution in [2.45, 2.75) is 33.2 Å². The van der Waals surface area contributed by atoms with Crippen molar-refractivity contribution in [3.8, 4) is 11.5 Å². The van der Waals surface area contributed by atoms with Crippen LogP contribution in [0.5, 0.6) is 11.5 Å². The Morgan fingerprint density at radius 1 is 1.06 bits per heavy atom. The summed E-state index contributed by atoms with van der Waals surface area (Å²) in [6, 6.07) is 5.97. The van der Waals surface area contributed by atoms with Crippen molar-refractivity contribution in [3.63, 3.8) is 0 Å². The van der Waals surface area contributed by atoms with Gasteiger partial charge in [-0.25, -0.2) is 0 Å². The normalized spacial score (nSPS) is 12.2. The van der Waals surface area contributed by atoms with E-state index in [1.807, 2.05) is 32.0 Å². The molecule has 0 saturated carbocycles. The third-order valence-corrected chi connectivity index (χ3v) is 2.44. The van der Waals surface area contributed by atoms with Gasteiger partial charge in [0, 0.05) is 6.04 Å². The van der Waals surface area contributed by atoms with Crippen molar-refractivity contribution < 1.29 is 9.47 Å². The SMILES string of the molecule is CCOc1ccc([C@H](N)CC)cc1OCC. The highest BCUT2D eigenvalue weighted by molar-refractivity contribution is 5.43. The zero-order valence-corrected chi connectivity index (χ0v) is 10.3. The molecule has 0 aliphatic heterocycles. The lowest BCUT2D eigenvalue weighted by molar-refractivity contribution is 0.287. The Morgan fingerprint density at radius 2 is 1.69 bits per heavy atom. The molecule has 0 heterocycles. The van der Waals surface area contributed by atoms with Gasteiger partial charge in [0.05, 0.1) is 13.2 Å². The van der Waals surface area contributed by atoms with Crippen molar-refractivity contribution in [1.29, 1.82) is 0 Å². The molecule has 0 amide bonds. The van der Waals surface area contributed by atoms with Crippen molar-refractivity contribution >= 4 is 0 Å². The summed E-state index contributed by atoms with van der Waals surface area (Å²) < 4.78 is 11.0. The minimum Gasteiger partial charge on any atom is -0.490 e. The van der Waals surface area contributed by atoms with E-state index in [9.17, 15) is 0 Å². The molecule has 0 aromatic heterocycles. The van der Waals surface area contributed by atoms with E-state index in [-0.39, 0.29) is 6.04 Å². The molecule has 0 bridgehead atoms. The largest absolute Gasteiger partial charge is 0.490 e. The van der Waals surface area contributed by atoms with Crippen LogP contribution in [0.25, 0.3) is 0 Å². The van der Waals surface area contributed by atoms with Gasteiger partial charge < -0.3 is 15.2 Å². The number of benzene rings is 1. The van der Waals surface area contributed by atoms with Crippen LogP contribution in [-0.2, 0) is 0 Å². The number of hydrogen-bond donors (Lipinski definition) is 1. The molecule has 0 fully saturated rings. The Morgan fingerprint density at radius 3 is 2.25 bits per heavy atom. The number of rotatable bonds is 6. The number of nitrogens with two attached hydrogens (primary N) is 1. The second kappa shape index (κ2) is 6.38. The molecule has 0 aliphatic carbocycles. The van der Waals surface area contributed by atoms with Crippen LogP contribution < -0.4 is 15.2 Å². The fourth-order valence-corrected chi connectivity index (χ4v) is 1.53. The molecule has 1 aromatic carbocycles. The maximum Gasteiger partial charge on any atom is 0.161 e. The molecule has 3 nitrogen and oxygen atoms in total. The van der Waals surface area contributed by atoms with E-state index < -0.39 is 0 Å². The Bertz CT molecular complexity index is 326. The minimum absolute atomic E-state index is 0.0647. The number of ether oxygens (including phenoxy) is 2. The predicted molar refractivity (Wildman–Crippen MR) is 66.0 cm³/mol. The van der Waals surface area contributed by atoms with Gasteiger partial charge in [0.2, 0.25) is 0 Å². The van der Waals surface area contributed by atoms with E-state index in [4.69, 9.17) is 15.2 Å². The smallest absolute Gasteiger partial charge is 0.161 e. The standard InChI is InChI=1S/C13H21NO2/c1-4-11(14)10-7-8-12(15-5-2)13(9-10)16-6-3/h7-9,11H,4-6,14H2,1-3H3/t11-/m1/s1. The van der Waals surface area contributed by atoms with Gasteiger partial charge in [-0.05, 0) is 38.0 Å². The lowest BCUT2D eigenvalue weighted by atomic mass is 10.1. The summed E-state index contributed by atoms with van der Waals surface area (Å²) in [5.74, 6) is 1.57. The van der Waals surface area contributed by atoms with Crippen LogP contribution in [0, 0.1) is 0 Å². The summed E-state index contributed by atoms with van der Waals surface area (Å²) in [6.45, 7) is 7.26. The molecule has 0 saturated heterocycles. The van der Waals surface area contributed by atoms with Gasteiger partial charge in [0.15, 0.2) is 11.5 Å². The van der Waals surface area contributed by atoms with Crippen LogP contribution in [-0.4, -0.2) is 13.2 Å². The Labute approximate surface area is 97.6 Å². The topological polar surface area (TPSA) is 44.5 Å². The van der Waals surface area contributed by atoms with Crippen LogP contribution in [0.2, 0.25) is 0 Å². The Hall–Kier alpha value is -1.22. The van der Waals surface area contributed by atoms with E-state index in [1.165, 1.54) is 0 Å². The summed E-state index contributed by atoms with van der Waals surface area (Å²) in [4.78, 5) is 0. The van der Waals surface area contributed by atoms with E-state index in [0.29, 0.717) is 13.2 Å². The monoisotopic (exact) mass is 223 g/mol. The highest BCUT2D eigenvalue weighted by Crippen LogP contribution is 2.30. The van der Waals surface area contributed by atoms with Gasteiger partial charge in [0.1, 0.15) is 0 Å². The Balaban J connectivity index is 2.96. The van der Waals surface area contributed by atoms with Gasteiger partial charge in [-0.15, -0.1) is 0 Å². The highest BCUT2D eigenvalue weighted by atomic mass is 16.5. The average Bonchev–Trinajstić information content (AvgIpc) is 2.31. The van der Waals surface area contributed by atoms with Crippen LogP contribution in [0.4, 0.5) is 0 Å². The third-order valence-electron chi connectivity index (χ3n) is 2.44. The fraction of sp³-hybridized carbons (Fsp3) is 0.538. The zero-order chi connectivity index (χ0) is 12.0. The van der Waals surface area contributed by atoms with E-state index in [0.717, 1.165) is 23.5 Å². The molecule has 1 rings (SSSR count). The van der Waals surface area contributed by atoms with Crippen LogP contribution in [0.15, 0.2) is 18.2 Å². The predicted octanol–water partition coefficient (Wildman–Crippen LogP) is 2.89. The van der Waals surface area contributed by atoms with Gasteiger partial charge in [-0.3, -0.25) is 0 Å². The molecule has 3 heteroatoms. The van der Waals surface area contributed by atoms with Crippen LogP contribution in [0.3, 0.4) is 0 Å². The molecule has 0 spiro atoms. The Kier molecular flexibility index (Phi) is 5.12. The second-order valence-corrected chi connectivity index (χ2v) is 3.59. The first-order valence-corrected chi connectivity index (χ1v) is 5.88. The maximum atomic E-state index is 5.99. The maximum absolute atomic E-state index is 5.99. The fourth-order valence-electron chi connectivity index (χ4n) is 1.53. The van der Waals surface area contributed by atoms with Gasteiger partial charge >= 0.3 is 0 Å². The summed E-state index contributed by atoms with van der Waals surface area (Å²) in [7, 11) is 0. The van der Waals surface area contributed by atoms with Crippen molar-refractivity contribution in [1.82, 2.24) is 0 Å². The van der Waals surface area contributed by atoms with Crippen molar-refractivity contribution in [2.24, 2.45) is 5.73 Å². The summed E-state index contributed by atoms with van der Waals surface area (Å²) in [5.41, 5.74) is 7.08. The van der Waals surface area contributed by atoms with Crippen molar-refractivity contribution in [2.75, 3.05) is 13.2 Å². The first kappa shape index (κ1) is 12.8. The molecule has 1 atom stereocenters. The van der Waals surface area contributed by atoms with Crippen molar-refractivity contribution in [3.05, 3.63) is 23.8 Å². The molecule has 0 radical (unpaired) electrons. The van der Waals surface area contributed by atoms with E-state index >= 15 is 0 Å². The first-order valence-electron chi connectivity index (χ1n) is 5.88. The molecule has 1 aromatic rings. The number of hydrogen-bond acceptors (Lipinski definition) is 3.